The van der Waals surface area contributed by atoms with Gasteiger partial charge in [0, 0.05) is 6.54 Å². The minimum Gasteiger partial charge on any atom is -0.316 e. The number of rotatable bonds is 5. The minimum absolute atomic E-state index is 0.727. The van der Waals surface area contributed by atoms with Crippen LogP contribution in [0, 0.1) is 5.92 Å². The first kappa shape index (κ1) is 14.2. The highest BCUT2D eigenvalue weighted by Crippen LogP contribution is 2.13. The van der Waals surface area contributed by atoms with Crippen molar-refractivity contribution in [1.82, 2.24) is 30.4 Å². The Morgan fingerprint density at radius 1 is 1.33 bits per heavy atom. The van der Waals surface area contributed by atoms with Crippen molar-refractivity contribution >= 4 is 0 Å². The Kier molecular flexibility index (Phi) is 4.57. The lowest BCUT2D eigenvalue weighted by Gasteiger charge is -2.27. The third-order valence-corrected chi connectivity index (χ3v) is 3.91. The number of tetrazole rings is 1. The molecule has 3 rings (SSSR count). The Morgan fingerprint density at radius 3 is 2.95 bits per heavy atom. The molecule has 0 saturated carbocycles. The van der Waals surface area contributed by atoms with Gasteiger partial charge in [-0.2, -0.15) is 4.68 Å². The van der Waals surface area contributed by atoms with Gasteiger partial charge in [0.25, 0.3) is 0 Å². The Balaban J connectivity index is 1.64. The summed E-state index contributed by atoms with van der Waals surface area (Å²) in [4.78, 5) is 2.31. The number of aromatic nitrogens is 4. The van der Waals surface area contributed by atoms with Crippen molar-refractivity contribution in [2.24, 2.45) is 5.92 Å². The Bertz CT molecular complexity index is 546. The van der Waals surface area contributed by atoms with Crippen molar-refractivity contribution in [3.05, 3.63) is 36.2 Å². The Hall–Kier alpha value is -1.79. The zero-order chi connectivity index (χ0) is 14.5. The average molecular weight is 286 g/mol. The molecule has 6 nitrogen and oxygen atoms in total. The van der Waals surface area contributed by atoms with E-state index < -0.39 is 0 Å². The van der Waals surface area contributed by atoms with Crippen molar-refractivity contribution in [3.8, 4) is 5.69 Å². The van der Waals surface area contributed by atoms with E-state index >= 15 is 0 Å². The lowest BCUT2D eigenvalue weighted by Crippen LogP contribution is -2.37. The van der Waals surface area contributed by atoms with Crippen molar-refractivity contribution in [2.45, 2.75) is 19.4 Å². The number of hydrogen-bond acceptors (Lipinski definition) is 5. The molecular formula is C15H22N6. The van der Waals surface area contributed by atoms with Crippen LogP contribution < -0.4 is 5.32 Å². The van der Waals surface area contributed by atoms with E-state index in [1.807, 2.05) is 35.0 Å². The summed E-state index contributed by atoms with van der Waals surface area (Å²) >= 11 is 0. The van der Waals surface area contributed by atoms with E-state index in [9.17, 15) is 0 Å². The number of benzene rings is 1. The molecule has 1 aromatic heterocycles. The first-order chi connectivity index (χ1) is 10.3. The smallest absolute Gasteiger partial charge is 0.170 e. The van der Waals surface area contributed by atoms with Crippen LogP contribution >= 0.6 is 0 Å². The van der Waals surface area contributed by atoms with E-state index in [1.54, 1.807) is 0 Å². The zero-order valence-corrected chi connectivity index (χ0v) is 12.4. The second-order valence-corrected chi connectivity index (χ2v) is 5.75. The summed E-state index contributed by atoms with van der Waals surface area (Å²) in [6.07, 6.45) is 2.58. The summed E-state index contributed by atoms with van der Waals surface area (Å²) in [5, 5.41) is 15.6. The fourth-order valence-corrected chi connectivity index (χ4v) is 2.90. The van der Waals surface area contributed by atoms with Gasteiger partial charge in [0.1, 0.15) is 0 Å². The molecule has 0 aliphatic carbocycles. The minimum atomic E-state index is 0.727. The fourth-order valence-electron chi connectivity index (χ4n) is 2.90. The summed E-state index contributed by atoms with van der Waals surface area (Å²) in [7, 11) is 2.14. The van der Waals surface area contributed by atoms with Gasteiger partial charge >= 0.3 is 0 Å². The summed E-state index contributed by atoms with van der Waals surface area (Å²) in [5.74, 6) is 1.61. The molecule has 1 aliphatic rings. The van der Waals surface area contributed by atoms with E-state index in [4.69, 9.17) is 0 Å². The molecule has 2 heterocycles. The van der Waals surface area contributed by atoms with Gasteiger partial charge in [0.05, 0.1) is 12.2 Å². The van der Waals surface area contributed by atoms with E-state index in [0.717, 1.165) is 43.6 Å². The third kappa shape index (κ3) is 3.65. The molecule has 1 saturated heterocycles. The van der Waals surface area contributed by atoms with Gasteiger partial charge in [-0.05, 0) is 61.5 Å². The number of nitrogens with one attached hydrogen (secondary N) is 1. The van der Waals surface area contributed by atoms with Crippen LogP contribution in [0.3, 0.4) is 0 Å². The van der Waals surface area contributed by atoms with Crippen molar-refractivity contribution < 1.29 is 0 Å². The van der Waals surface area contributed by atoms with E-state index in [0.29, 0.717) is 0 Å². The summed E-state index contributed by atoms with van der Waals surface area (Å²) in [5.41, 5.74) is 1.00. The Morgan fingerprint density at radius 2 is 2.19 bits per heavy atom. The van der Waals surface area contributed by atoms with E-state index in [1.165, 1.54) is 12.8 Å². The van der Waals surface area contributed by atoms with Crippen LogP contribution in [-0.4, -0.2) is 51.8 Å². The van der Waals surface area contributed by atoms with Gasteiger partial charge in [0.2, 0.25) is 0 Å². The van der Waals surface area contributed by atoms with Crippen LogP contribution in [0.2, 0.25) is 0 Å². The molecule has 0 amide bonds. The van der Waals surface area contributed by atoms with Crippen LogP contribution in [0.5, 0.6) is 0 Å². The quantitative estimate of drug-likeness (QED) is 0.892. The molecule has 1 aliphatic heterocycles. The molecule has 0 spiro atoms. The molecule has 1 atom stereocenters. The molecule has 1 fully saturated rings. The van der Waals surface area contributed by atoms with Crippen LogP contribution in [0.25, 0.3) is 5.69 Å². The maximum atomic E-state index is 4.17. The monoisotopic (exact) mass is 286 g/mol. The van der Waals surface area contributed by atoms with Gasteiger partial charge in [-0.3, -0.25) is 4.90 Å². The second-order valence-electron chi connectivity index (χ2n) is 5.75. The Labute approximate surface area is 125 Å². The van der Waals surface area contributed by atoms with Crippen molar-refractivity contribution in [1.29, 1.82) is 0 Å². The third-order valence-electron chi connectivity index (χ3n) is 3.91. The summed E-state index contributed by atoms with van der Waals surface area (Å²) in [6.45, 7) is 4.12. The van der Waals surface area contributed by atoms with E-state index in [-0.39, 0.29) is 0 Å². The normalized spacial score (nSPS) is 19.0. The maximum Gasteiger partial charge on any atom is 0.170 e. The second kappa shape index (κ2) is 6.78. The molecule has 1 unspecified atom stereocenters. The first-order valence-electron chi connectivity index (χ1n) is 7.55. The molecule has 0 radical (unpaired) electrons. The lowest BCUT2D eigenvalue weighted by molar-refractivity contribution is 0.232. The molecular weight excluding hydrogens is 264 g/mol. The zero-order valence-electron chi connectivity index (χ0n) is 12.4. The number of piperidine rings is 1. The van der Waals surface area contributed by atoms with Crippen LogP contribution in [0.4, 0.5) is 0 Å². The standard InChI is InChI=1S/C15H22N6/c1-20(11-13-6-5-9-16-10-13)12-15-17-18-19-21(15)14-7-3-2-4-8-14/h2-4,7-8,13,16H,5-6,9-12H2,1H3. The van der Waals surface area contributed by atoms with Crippen LogP contribution in [0.1, 0.15) is 18.7 Å². The predicted molar refractivity (Wildman–Crippen MR) is 81.1 cm³/mol. The highest BCUT2D eigenvalue weighted by Gasteiger charge is 2.17. The molecule has 1 aromatic carbocycles. The van der Waals surface area contributed by atoms with Crippen LogP contribution in [-0.2, 0) is 6.54 Å². The molecule has 6 heteroatoms. The largest absolute Gasteiger partial charge is 0.316 e. The van der Waals surface area contributed by atoms with Crippen molar-refractivity contribution in [2.75, 3.05) is 26.7 Å². The molecule has 21 heavy (non-hydrogen) atoms. The highest BCUT2D eigenvalue weighted by molar-refractivity contribution is 5.30. The number of hydrogen-bond donors (Lipinski definition) is 1. The summed E-state index contributed by atoms with van der Waals surface area (Å²) < 4.78 is 1.82. The van der Waals surface area contributed by atoms with E-state index in [2.05, 4.69) is 32.8 Å². The van der Waals surface area contributed by atoms with Gasteiger partial charge in [-0.25, -0.2) is 0 Å². The van der Waals surface area contributed by atoms with Crippen LogP contribution in [0.15, 0.2) is 30.3 Å². The lowest BCUT2D eigenvalue weighted by atomic mass is 9.99. The molecule has 0 bridgehead atoms. The molecule has 2 aromatic rings. The topological polar surface area (TPSA) is 58.9 Å². The molecule has 1 N–H and O–H groups in total. The highest BCUT2D eigenvalue weighted by atomic mass is 15.5. The maximum absolute atomic E-state index is 4.17. The van der Waals surface area contributed by atoms with Gasteiger partial charge in [0.15, 0.2) is 5.82 Å². The SMILES string of the molecule is CN(Cc1nnnn1-c1ccccc1)CC1CCCNC1. The average Bonchev–Trinajstić information content (AvgIpc) is 2.97. The van der Waals surface area contributed by atoms with Gasteiger partial charge < -0.3 is 5.32 Å². The fraction of sp³-hybridized carbons (Fsp3) is 0.533. The predicted octanol–water partition coefficient (Wildman–Crippen LogP) is 1.09. The molecule has 112 valence electrons. The first-order valence-corrected chi connectivity index (χ1v) is 7.55. The van der Waals surface area contributed by atoms with Gasteiger partial charge in [-0.1, -0.05) is 18.2 Å². The number of nitrogens with zero attached hydrogens (tertiary/aromatic N) is 5. The van der Waals surface area contributed by atoms with Gasteiger partial charge in [-0.15, -0.1) is 5.10 Å². The van der Waals surface area contributed by atoms with Crippen molar-refractivity contribution in [3.63, 3.8) is 0 Å². The number of para-hydroxylation sites is 1. The summed E-state index contributed by atoms with van der Waals surface area (Å²) in [6, 6.07) is 10.0.